The van der Waals surface area contributed by atoms with Crippen molar-refractivity contribution in [1.29, 1.82) is 0 Å². The summed E-state index contributed by atoms with van der Waals surface area (Å²) in [5.74, 6) is 1.83. The number of pyridine rings is 1. The number of carbonyl (C=O) groups excluding carboxylic acids is 1. The van der Waals surface area contributed by atoms with Gasteiger partial charge in [-0.1, -0.05) is 39.7 Å². The minimum absolute atomic E-state index is 0.00682. The molecule has 4 atom stereocenters. The summed E-state index contributed by atoms with van der Waals surface area (Å²) in [6.45, 7) is 21.4. The molecule has 2 aromatic carbocycles. The Bertz CT molecular complexity index is 2490. The number of hydrogen-bond donors (Lipinski definition) is 0. The van der Waals surface area contributed by atoms with E-state index in [-0.39, 0.29) is 87.6 Å². The Morgan fingerprint density at radius 2 is 1.81 bits per heavy atom. The lowest BCUT2D eigenvalue weighted by atomic mass is 9.95. The van der Waals surface area contributed by atoms with Crippen LogP contribution in [0.1, 0.15) is 86.1 Å². The van der Waals surface area contributed by atoms with Crippen LogP contribution < -0.4 is 19.1 Å². The number of aromatic nitrogens is 3. The van der Waals surface area contributed by atoms with Gasteiger partial charge in [0.1, 0.15) is 52.8 Å². The van der Waals surface area contributed by atoms with E-state index in [0.29, 0.717) is 43.1 Å². The first kappa shape index (κ1) is 45.7. The summed E-state index contributed by atoms with van der Waals surface area (Å²) in [7, 11) is -0.477. The fourth-order valence-corrected chi connectivity index (χ4v) is 10.6. The van der Waals surface area contributed by atoms with Gasteiger partial charge >= 0.3 is 12.1 Å². The quantitative estimate of drug-likeness (QED) is 0.0812. The second kappa shape index (κ2) is 17.2. The number of hydrogen-bond acceptors (Lipinski definition) is 12. The highest BCUT2D eigenvalue weighted by Gasteiger charge is 2.51. The fraction of sp³-hybridized carbons (Fsp3) is 0.583. The molecule has 64 heavy (non-hydrogen) atoms. The Balaban J connectivity index is 1.24. The van der Waals surface area contributed by atoms with Crippen LogP contribution in [0.5, 0.6) is 17.6 Å². The number of piperazine rings is 1. The van der Waals surface area contributed by atoms with Crippen molar-refractivity contribution >= 4 is 41.9 Å². The Hall–Kier alpha value is -4.82. The zero-order chi connectivity index (χ0) is 45.9. The number of amides is 1. The van der Waals surface area contributed by atoms with Crippen molar-refractivity contribution in [3.63, 3.8) is 0 Å². The van der Waals surface area contributed by atoms with E-state index in [0.717, 1.165) is 32.2 Å². The number of methoxy groups -OCH3 is 1. The average Bonchev–Trinajstić information content (AvgIpc) is 3.77. The number of fused-ring (bicyclic) bond motifs is 4. The van der Waals surface area contributed by atoms with E-state index in [9.17, 15) is 4.79 Å². The van der Waals surface area contributed by atoms with E-state index in [1.54, 1.807) is 23.1 Å². The normalized spacial score (nSPS) is 22.5. The SMILES string of the molecule is C#Cc1c(F)ccc2cc(OCOC)cc(-c3nc4c5c(nc(OC[C@@]67CCCN6[C@H](CO[Si](C)(C)C(C)(C)C)CC7)nc5c3F)N3C[C@@H](CC)N(C(=O)OC(C)(C)C)C[C@H]3CO4)c12. The molecule has 3 saturated heterocycles. The van der Waals surface area contributed by atoms with Crippen LogP contribution in [0.4, 0.5) is 19.4 Å². The minimum atomic E-state index is -1.97. The lowest BCUT2D eigenvalue weighted by Crippen LogP contribution is -2.62. The molecule has 4 aromatic rings. The summed E-state index contributed by atoms with van der Waals surface area (Å²) in [5.41, 5.74) is -1.08. The average molecular weight is 901 g/mol. The van der Waals surface area contributed by atoms with Gasteiger partial charge in [-0.2, -0.15) is 9.97 Å². The third-order valence-corrected chi connectivity index (χ3v) is 18.4. The molecule has 0 radical (unpaired) electrons. The number of nitrogens with zero attached hydrogens (tertiary/aromatic N) is 6. The lowest BCUT2D eigenvalue weighted by Gasteiger charge is -2.45. The Labute approximate surface area is 376 Å². The van der Waals surface area contributed by atoms with Gasteiger partial charge in [0, 0.05) is 43.8 Å². The first-order valence-electron chi connectivity index (χ1n) is 22.5. The maximum Gasteiger partial charge on any atom is 0.410 e. The van der Waals surface area contributed by atoms with Gasteiger partial charge in [-0.3, -0.25) is 4.90 Å². The molecule has 3 fully saturated rings. The molecule has 0 unspecified atom stereocenters. The van der Waals surface area contributed by atoms with Crippen LogP contribution in [0.25, 0.3) is 32.9 Å². The van der Waals surface area contributed by atoms with Gasteiger partial charge in [-0.15, -0.1) is 6.42 Å². The molecule has 1 amide bonds. The first-order valence-corrected chi connectivity index (χ1v) is 25.4. The predicted molar refractivity (Wildman–Crippen MR) is 245 cm³/mol. The molecule has 0 N–H and O–H groups in total. The molecular weight excluding hydrogens is 839 g/mol. The molecule has 8 rings (SSSR count). The summed E-state index contributed by atoms with van der Waals surface area (Å²) in [5, 5.41) is 1.15. The van der Waals surface area contributed by atoms with Crippen molar-refractivity contribution in [1.82, 2.24) is 24.8 Å². The zero-order valence-electron chi connectivity index (χ0n) is 38.9. The van der Waals surface area contributed by atoms with E-state index in [4.69, 9.17) is 49.5 Å². The summed E-state index contributed by atoms with van der Waals surface area (Å²) in [4.78, 5) is 34.7. The van der Waals surface area contributed by atoms with Gasteiger partial charge in [0.2, 0.25) is 5.88 Å². The smallest absolute Gasteiger partial charge is 0.410 e. The van der Waals surface area contributed by atoms with Crippen LogP contribution in [0, 0.1) is 24.0 Å². The van der Waals surface area contributed by atoms with E-state index >= 15 is 8.78 Å². The Morgan fingerprint density at radius 1 is 1.03 bits per heavy atom. The van der Waals surface area contributed by atoms with Crippen LogP contribution in [0.3, 0.4) is 0 Å². The van der Waals surface area contributed by atoms with Crippen LogP contribution in [-0.2, 0) is 13.9 Å². The number of halogens is 2. The number of ether oxygens (including phenoxy) is 5. The van der Waals surface area contributed by atoms with Crippen molar-refractivity contribution in [3.05, 3.63) is 41.5 Å². The Kier molecular flexibility index (Phi) is 12.3. The van der Waals surface area contributed by atoms with Gasteiger partial charge in [0.05, 0.1) is 23.2 Å². The van der Waals surface area contributed by atoms with E-state index in [2.05, 4.69) is 49.6 Å². The summed E-state index contributed by atoms with van der Waals surface area (Å²) >= 11 is 0. The molecular formula is C48H62F2N6O7Si. The number of rotatable bonds is 11. The maximum absolute atomic E-state index is 17.8. The van der Waals surface area contributed by atoms with Gasteiger partial charge in [-0.05, 0) is 101 Å². The predicted octanol–water partition coefficient (Wildman–Crippen LogP) is 9.08. The molecule has 6 heterocycles. The monoisotopic (exact) mass is 900 g/mol. The third-order valence-electron chi connectivity index (χ3n) is 13.9. The maximum atomic E-state index is 17.8. The number of anilines is 1. The van der Waals surface area contributed by atoms with Crippen LogP contribution in [-0.4, -0.2) is 122 Å². The molecule has 4 aliphatic rings. The Morgan fingerprint density at radius 3 is 2.52 bits per heavy atom. The molecule has 0 spiro atoms. The number of terminal acetylenes is 1. The molecule has 16 heteroatoms. The summed E-state index contributed by atoms with van der Waals surface area (Å²) < 4.78 is 70.1. The van der Waals surface area contributed by atoms with Crippen molar-refractivity contribution in [2.75, 3.05) is 58.3 Å². The second-order valence-electron chi connectivity index (χ2n) is 20.2. The largest absolute Gasteiger partial charge is 0.475 e. The van der Waals surface area contributed by atoms with E-state index in [1.807, 2.05) is 27.7 Å². The zero-order valence-corrected chi connectivity index (χ0v) is 39.9. The van der Waals surface area contributed by atoms with Gasteiger partial charge < -0.3 is 37.9 Å². The highest BCUT2D eigenvalue weighted by atomic mass is 28.4. The summed E-state index contributed by atoms with van der Waals surface area (Å²) in [6, 6.07) is 5.67. The van der Waals surface area contributed by atoms with Crippen LogP contribution in [0.15, 0.2) is 24.3 Å². The minimum Gasteiger partial charge on any atom is -0.475 e. The highest BCUT2D eigenvalue weighted by molar-refractivity contribution is 6.74. The van der Waals surface area contributed by atoms with Crippen LogP contribution in [0.2, 0.25) is 18.1 Å². The third kappa shape index (κ3) is 8.44. The highest BCUT2D eigenvalue weighted by Crippen LogP contribution is 2.47. The first-order chi connectivity index (χ1) is 30.3. The standard InChI is InChI=1S/C48H62F2N6O7Si/c1-12-30-23-54-32(24-55(30)45(57)63-46(3,4)5)25-59-43-38-41(39(50)40(51-43)35-22-33(61-28-58-9)21-29-15-16-36(49)34(13-2)37(29)35)52-44(53-42(38)54)60-27-48-18-14-20-56(48)31(17-19-48)26-62-64(10,11)47(6,7)8/h2,15-16,21-22,30-32H,12,14,17-20,23-28H2,1,3-11H3/t30-,31+,32+,48+/m1/s1. The van der Waals surface area contributed by atoms with Gasteiger partial charge in [0.15, 0.2) is 20.9 Å². The van der Waals surface area contributed by atoms with Crippen molar-refractivity contribution in [2.24, 2.45) is 0 Å². The molecule has 0 bridgehead atoms. The van der Waals surface area contributed by atoms with Crippen LogP contribution >= 0.6 is 0 Å². The molecule has 0 aliphatic carbocycles. The van der Waals surface area contributed by atoms with Crippen molar-refractivity contribution < 1.29 is 41.7 Å². The van der Waals surface area contributed by atoms with Crippen molar-refractivity contribution in [3.8, 4) is 41.2 Å². The van der Waals surface area contributed by atoms with E-state index < -0.39 is 37.7 Å². The molecule has 344 valence electrons. The molecule has 4 aliphatic heterocycles. The lowest BCUT2D eigenvalue weighted by molar-refractivity contribution is 0.00831. The molecule has 2 aromatic heterocycles. The number of benzene rings is 2. The summed E-state index contributed by atoms with van der Waals surface area (Å²) in [6.07, 6.45) is 9.99. The number of carbonyl (C=O) groups is 1. The molecule has 13 nitrogen and oxygen atoms in total. The topological polar surface area (TPSA) is 121 Å². The van der Waals surface area contributed by atoms with Gasteiger partial charge in [-0.25, -0.2) is 18.6 Å². The second-order valence-corrected chi connectivity index (χ2v) is 25.0. The van der Waals surface area contributed by atoms with Gasteiger partial charge in [0.25, 0.3) is 0 Å². The molecule has 0 saturated carbocycles. The van der Waals surface area contributed by atoms with E-state index in [1.165, 1.54) is 13.2 Å². The fourth-order valence-electron chi connectivity index (χ4n) is 9.54. The van der Waals surface area contributed by atoms with Crippen molar-refractivity contribution in [2.45, 2.75) is 128 Å².